The molecule has 4 nitrogen and oxygen atoms in total. The zero-order valence-corrected chi connectivity index (χ0v) is 12.7. The summed E-state index contributed by atoms with van der Waals surface area (Å²) in [5.74, 6) is 2.09. The molecule has 110 valence electrons. The SMILES string of the molecule is O=C(CCSCc1ccccc1)N1CCc2nc[nH]c2C1. The number of aromatic nitrogens is 2. The van der Waals surface area contributed by atoms with Crippen LogP contribution in [0.3, 0.4) is 0 Å². The lowest BCUT2D eigenvalue weighted by molar-refractivity contribution is -0.131. The Kier molecular flexibility index (Phi) is 4.60. The van der Waals surface area contributed by atoms with Crippen molar-refractivity contribution in [1.82, 2.24) is 14.9 Å². The second-order valence-corrected chi connectivity index (χ2v) is 6.29. The van der Waals surface area contributed by atoms with Gasteiger partial charge in [0.1, 0.15) is 0 Å². The van der Waals surface area contributed by atoms with E-state index < -0.39 is 0 Å². The molecule has 1 aromatic heterocycles. The summed E-state index contributed by atoms with van der Waals surface area (Å²) in [4.78, 5) is 21.5. The highest BCUT2D eigenvalue weighted by Crippen LogP contribution is 2.17. The molecular weight excluding hydrogens is 282 g/mol. The van der Waals surface area contributed by atoms with Crippen molar-refractivity contribution >= 4 is 17.7 Å². The average Bonchev–Trinajstić information content (AvgIpc) is 3.00. The van der Waals surface area contributed by atoms with Gasteiger partial charge in [0.15, 0.2) is 0 Å². The lowest BCUT2D eigenvalue weighted by Gasteiger charge is -2.26. The first kappa shape index (κ1) is 14.2. The summed E-state index contributed by atoms with van der Waals surface area (Å²) >= 11 is 1.82. The molecule has 21 heavy (non-hydrogen) atoms. The Morgan fingerprint density at radius 1 is 1.33 bits per heavy atom. The standard InChI is InChI=1S/C16H19N3OS/c20-16(7-9-21-11-13-4-2-1-3-5-13)19-8-6-14-15(10-19)18-12-17-14/h1-5,12H,6-11H2,(H,17,18). The van der Waals surface area contributed by atoms with Crippen LogP contribution in [0.2, 0.25) is 0 Å². The van der Waals surface area contributed by atoms with Crippen LogP contribution in [0.15, 0.2) is 36.7 Å². The van der Waals surface area contributed by atoms with Crippen LogP contribution >= 0.6 is 11.8 Å². The maximum atomic E-state index is 12.2. The van der Waals surface area contributed by atoms with Crippen molar-refractivity contribution in [3.8, 4) is 0 Å². The minimum atomic E-state index is 0.246. The third-order valence-electron chi connectivity index (χ3n) is 3.70. The minimum absolute atomic E-state index is 0.246. The fourth-order valence-corrected chi connectivity index (χ4v) is 3.40. The molecular formula is C16H19N3OS. The lowest BCUT2D eigenvalue weighted by atomic mass is 10.1. The molecule has 0 aliphatic carbocycles. The van der Waals surface area contributed by atoms with Crippen molar-refractivity contribution in [1.29, 1.82) is 0 Å². The highest BCUT2D eigenvalue weighted by molar-refractivity contribution is 7.98. The number of benzene rings is 1. The van der Waals surface area contributed by atoms with Gasteiger partial charge < -0.3 is 9.88 Å². The van der Waals surface area contributed by atoms with Crippen LogP contribution in [0.25, 0.3) is 0 Å². The maximum absolute atomic E-state index is 12.2. The first-order chi connectivity index (χ1) is 10.3. The van der Waals surface area contributed by atoms with E-state index >= 15 is 0 Å². The summed E-state index contributed by atoms with van der Waals surface area (Å²) in [5.41, 5.74) is 3.51. The van der Waals surface area contributed by atoms with Crippen LogP contribution in [-0.4, -0.2) is 33.1 Å². The molecule has 1 aromatic carbocycles. The predicted molar refractivity (Wildman–Crippen MR) is 84.9 cm³/mol. The first-order valence-electron chi connectivity index (χ1n) is 7.23. The number of H-pyrrole nitrogens is 1. The number of rotatable bonds is 5. The van der Waals surface area contributed by atoms with E-state index in [1.807, 2.05) is 22.7 Å². The number of hydrogen-bond donors (Lipinski definition) is 1. The van der Waals surface area contributed by atoms with E-state index in [1.165, 1.54) is 5.56 Å². The van der Waals surface area contributed by atoms with Crippen LogP contribution in [0.1, 0.15) is 23.4 Å². The third-order valence-corrected chi connectivity index (χ3v) is 4.73. The molecule has 1 amide bonds. The maximum Gasteiger partial charge on any atom is 0.223 e. The van der Waals surface area contributed by atoms with Crippen molar-refractivity contribution in [2.24, 2.45) is 0 Å². The van der Waals surface area contributed by atoms with Gasteiger partial charge in [-0.25, -0.2) is 4.98 Å². The van der Waals surface area contributed by atoms with Crippen molar-refractivity contribution < 1.29 is 4.79 Å². The van der Waals surface area contributed by atoms with Crippen LogP contribution < -0.4 is 0 Å². The molecule has 1 aliphatic rings. The molecule has 1 N–H and O–H groups in total. The molecule has 0 saturated carbocycles. The number of carbonyl (C=O) groups is 1. The second kappa shape index (κ2) is 6.80. The van der Waals surface area contributed by atoms with Crippen LogP contribution in [0, 0.1) is 0 Å². The number of aromatic amines is 1. The summed E-state index contributed by atoms with van der Waals surface area (Å²) in [6, 6.07) is 10.4. The van der Waals surface area contributed by atoms with Crippen LogP contribution in [-0.2, 0) is 23.5 Å². The number of fused-ring (bicyclic) bond motifs is 1. The average molecular weight is 301 g/mol. The molecule has 0 saturated heterocycles. The second-order valence-electron chi connectivity index (χ2n) is 5.18. The summed E-state index contributed by atoms with van der Waals surface area (Å²) in [6.07, 6.45) is 3.19. The van der Waals surface area contributed by atoms with E-state index in [0.717, 1.165) is 35.9 Å². The Balaban J connectivity index is 1.41. The molecule has 0 atom stereocenters. The van der Waals surface area contributed by atoms with Gasteiger partial charge in [-0.15, -0.1) is 0 Å². The molecule has 0 fully saturated rings. The highest BCUT2D eigenvalue weighted by atomic mass is 32.2. The Bertz CT molecular complexity index is 597. The molecule has 0 bridgehead atoms. The van der Waals surface area contributed by atoms with Gasteiger partial charge >= 0.3 is 0 Å². The number of hydrogen-bond acceptors (Lipinski definition) is 3. The monoisotopic (exact) mass is 301 g/mol. The van der Waals surface area contributed by atoms with Crippen LogP contribution in [0.5, 0.6) is 0 Å². The van der Waals surface area contributed by atoms with E-state index in [1.54, 1.807) is 6.33 Å². The Labute approximate surface area is 129 Å². The van der Waals surface area contributed by atoms with Crippen molar-refractivity contribution in [2.75, 3.05) is 12.3 Å². The number of amides is 1. The Morgan fingerprint density at radius 3 is 3.05 bits per heavy atom. The van der Waals surface area contributed by atoms with Gasteiger partial charge in [-0.2, -0.15) is 11.8 Å². The first-order valence-corrected chi connectivity index (χ1v) is 8.39. The normalized spacial score (nSPS) is 14.0. The van der Waals surface area contributed by atoms with Crippen LogP contribution in [0.4, 0.5) is 0 Å². The fourth-order valence-electron chi connectivity index (χ4n) is 2.51. The quantitative estimate of drug-likeness (QED) is 0.864. The molecule has 0 radical (unpaired) electrons. The van der Waals surface area contributed by atoms with E-state index in [4.69, 9.17) is 0 Å². The van der Waals surface area contributed by atoms with E-state index in [9.17, 15) is 4.79 Å². The molecule has 3 rings (SSSR count). The molecule has 0 spiro atoms. The summed E-state index contributed by atoms with van der Waals surface area (Å²) in [5, 5.41) is 0. The molecule has 2 heterocycles. The number of carbonyl (C=O) groups excluding carboxylic acids is 1. The fraction of sp³-hybridized carbons (Fsp3) is 0.375. The number of nitrogens with zero attached hydrogens (tertiary/aromatic N) is 2. The van der Waals surface area contributed by atoms with Gasteiger partial charge in [0.05, 0.1) is 24.3 Å². The third kappa shape index (κ3) is 3.67. The summed E-state index contributed by atoms with van der Waals surface area (Å²) in [7, 11) is 0. The summed E-state index contributed by atoms with van der Waals surface area (Å²) in [6.45, 7) is 1.47. The van der Waals surface area contributed by atoms with Gasteiger partial charge in [0.2, 0.25) is 5.91 Å². The van der Waals surface area contributed by atoms with Gasteiger partial charge in [0.25, 0.3) is 0 Å². The minimum Gasteiger partial charge on any atom is -0.347 e. The van der Waals surface area contributed by atoms with Gasteiger partial charge in [-0.1, -0.05) is 30.3 Å². The molecule has 0 unspecified atom stereocenters. The van der Waals surface area contributed by atoms with E-state index in [-0.39, 0.29) is 5.91 Å². The molecule has 2 aromatic rings. The van der Waals surface area contributed by atoms with Crippen molar-refractivity contribution in [3.63, 3.8) is 0 Å². The van der Waals surface area contributed by atoms with Gasteiger partial charge in [-0.05, 0) is 5.56 Å². The number of nitrogens with one attached hydrogen (secondary N) is 1. The van der Waals surface area contributed by atoms with Gasteiger partial charge in [-0.3, -0.25) is 4.79 Å². The molecule has 1 aliphatic heterocycles. The highest BCUT2D eigenvalue weighted by Gasteiger charge is 2.21. The van der Waals surface area contributed by atoms with E-state index in [0.29, 0.717) is 13.0 Å². The van der Waals surface area contributed by atoms with Gasteiger partial charge in [0, 0.05) is 30.9 Å². The summed E-state index contributed by atoms with van der Waals surface area (Å²) < 4.78 is 0. The van der Waals surface area contributed by atoms with Crippen molar-refractivity contribution in [2.45, 2.75) is 25.1 Å². The lowest BCUT2D eigenvalue weighted by Crippen LogP contribution is -2.36. The Morgan fingerprint density at radius 2 is 2.19 bits per heavy atom. The van der Waals surface area contributed by atoms with E-state index in [2.05, 4.69) is 34.2 Å². The zero-order valence-electron chi connectivity index (χ0n) is 11.9. The Hall–Kier alpha value is -1.75. The topological polar surface area (TPSA) is 49.0 Å². The predicted octanol–water partition coefficient (Wildman–Crippen LogP) is 2.62. The zero-order chi connectivity index (χ0) is 14.5. The number of imidazole rings is 1. The number of thioether (sulfide) groups is 1. The smallest absolute Gasteiger partial charge is 0.223 e. The largest absolute Gasteiger partial charge is 0.347 e. The molecule has 5 heteroatoms. The van der Waals surface area contributed by atoms with Crippen molar-refractivity contribution in [3.05, 3.63) is 53.6 Å².